The highest BCUT2D eigenvalue weighted by atomic mass is 32.2. The molecule has 3 aromatic rings. The number of nitrogens with one attached hydrogen (secondary N) is 2. The summed E-state index contributed by atoms with van der Waals surface area (Å²) >= 11 is 0. The molecule has 0 saturated carbocycles. The van der Waals surface area contributed by atoms with Gasteiger partial charge < -0.3 is 5.32 Å². The zero-order valence-electron chi connectivity index (χ0n) is 19.7. The SMILES string of the molecule is CNc1ccc(N2NC(C(F)F)=CC2(c2ccc(S(C)(=O)=O)cc2)c2ccc(S(C)(=O)=O)cc2)cc1. The average Bonchev–Trinajstić information content (AvgIpc) is 3.25. The number of allylic oxidation sites excluding steroid dienone is 1. The second-order valence-corrected chi connectivity index (χ2v) is 12.5. The maximum Gasteiger partial charge on any atom is 0.279 e. The highest BCUT2D eigenvalue weighted by Gasteiger charge is 2.46. The number of hydrogen-bond donors (Lipinski definition) is 2. The van der Waals surface area contributed by atoms with Crippen LogP contribution in [0.15, 0.2) is 94.4 Å². The van der Waals surface area contributed by atoms with Crippen LogP contribution in [0.5, 0.6) is 0 Å². The fourth-order valence-electron chi connectivity index (χ4n) is 4.20. The van der Waals surface area contributed by atoms with E-state index >= 15 is 0 Å². The normalized spacial score (nSPS) is 15.5. The van der Waals surface area contributed by atoms with Crippen LogP contribution in [0, 0.1) is 0 Å². The fraction of sp³-hybridized carbons (Fsp3) is 0.200. The predicted molar refractivity (Wildman–Crippen MR) is 136 cm³/mol. The summed E-state index contributed by atoms with van der Waals surface area (Å²) < 4.78 is 76.2. The first-order valence-corrected chi connectivity index (χ1v) is 14.6. The van der Waals surface area contributed by atoms with Gasteiger partial charge in [-0.05, 0) is 65.7 Å². The molecule has 0 bridgehead atoms. The molecule has 0 spiro atoms. The van der Waals surface area contributed by atoms with Crippen LogP contribution in [0.1, 0.15) is 11.1 Å². The van der Waals surface area contributed by atoms with E-state index in [4.69, 9.17) is 0 Å². The van der Waals surface area contributed by atoms with E-state index < -0.39 is 31.6 Å². The molecule has 0 atom stereocenters. The van der Waals surface area contributed by atoms with Gasteiger partial charge in [0.15, 0.2) is 19.7 Å². The largest absolute Gasteiger partial charge is 0.388 e. The van der Waals surface area contributed by atoms with E-state index in [1.54, 1.807) is 60.6 Å². The zero-order chi connectivity index (χ0) is 26.3. The summed E-state index contributed by atoms with van der Waals surface area (Å²) in [6, 6.07) is 19.1. The Morgan fingerprint density at radius 3 is 1.58 bits per heavy atom. The molecule has 1 aliphatic heterocycles. The molecule has 1 aliphatic rings. The molecule has 0 amide bonds. The van der Waals surface area contributed by atoms with Gasteiger partial charge in [0, 0.05) is 25.2 Å². The number of benzene rings is 3. The Morgan fingerprint density at radius 1 is 0.778 bits per heavy atom. The molecule has 11 heteroatoms. The predicted octanol–water partition coefficient (Wildman–Crippen LogP) is 3.95. The highest BCUT2D eigenvalue weighted by molar-refractivity contribution is 7.91. The topological polar surface area (TPSA) is 95.6 Å². The van der Waals surface area contributed by atoms with Crippen molar-refractivity contribution >= 4 is 31.0 Å². The lowest BCUT2D eigenvalue weighted by molar-refractivity contribution is 0.182. The van der Waals surface area contributed by atoms with Gasteiger partial charge in [-0.25, -0.2) is 25.6 Å². The molecule has 0 saturated heterocycles. The molecular weight excluding hydrogens is 508 g/mol. The number of hydrogen-bond acceptors (Lipinski definition) is 7. The Bertz CT molecular complexity index is 1430. The Balaban J connectivity index is 1.99. The third-order valence-electron chi connectivity index (χ3n) is 6.05. The summed E-state index contributed by atoms with van der Waals surface area (Å²) in [7, 11) is -5.21. The molecule has 2 N–H and O–H groups in total. The lowest BCUT2D eigenvalue weighted by Crippen LogP contribution is -2.48. The maximum absolute atomic E-state index is 14.0. The Kier molecular flexibility index (Phi) is 6.56. The number of rotatable bonds is 7. The number of sulfone groups is 2. The Labute approximate surface area is 209 Å². The van der Waals surface area contributed by atoms with Gasteiger partial charge in [0.25, 0.3) is 6.43 Å². The minimum absolute atomic E-state index is 0.0859. The fourth-order valence-corrected chi connectivity index (χ4v) is 5.46. The summed E-state index contributed by atoms with van der Waals surface area (Å²) in [5.74, 6) is 0. The van der Waals surface area contributed by atoms with Crippen molar-refractivity contribution < 1.29 is 25.6 Å². The minimum atomic E-state index is -3.49. The first-order chi connectivity index (χ1) is 16.9. The van der Waals surface area contributed by atoms with Crippen molar-refractivity contribution in [2.24, 2.45) is 0 Å². The van der Waals surface area contributed by atoms with Gasteiger partial charge in [-0.3, -0.25) is 10.4 Å². The Morgan fingerprint density at radius 2 is 1.22 bits per heavy atom. The summed E-state index contributed by atoms with van der Waals surface area (Å²) in [6.07, 6.45) is 0.734. The zero-order valence-corrected chi connectivity index (χ0v) is 21.4. The third kappa shape index (κ3) is 4.68. The van der Waals surface area contributed by atoms with E-state index in [-0.39, 0.29) is 15.5 Å². The first kappa shape index (κ1) is 25.6. The molecule has 0 aliphatic carbocycles. The van der Waals surface area contributed by atoms with Crippen LogP contribution in [0.3, 0.4) is 0 Å². The van der Waals surface area contributed by atoms with E-state index in [1.165, 1.54) is 30.3 Å². The molecule has 1 heterocycles. The number of nitrogens with zero attached hydrogens (tertiary/aromatic N) is 1. The van der Waals surface area contributed by atoms with E-state index in [0.717, 1.165) is 18.2 Å². The van der Waals surface area contributed by atoms with Crippen molar-refractivity contribution in [2.75, 3.05) is 29.9 Å². The first-order valence-electron chi connectivity index (χ1n) is 10.8. The molecule has 0 fully saturated rings. The smallest absolute Gasteiger partial charge is 0.279 e. The van der Waals surface area contributed by atoms with Gasteiger partial charge in [-0.2, -0.15) is 0 Å². The van der Waals surface area contributed by atoms with Crippen LogP contribution in [0.4, 0.5) is 20.2 Å². The van der Waals surface area contributed by atoms with Crippen LogP contribution in [-0.4, -0.2) is 42.8 Å². The van der Waals surface area contributed by atoms with Crippen LogP contribution < -0.4 is 15.8 Å². The highest BCUT2D eigenvalue weighted by Crippen LogP contribution is 2.45. The Hall–Kier alpha value is -3.44. The van der Waals surface area contributed by atoms with Crippen molar-refractivity contribution in [1.29, 1.82) is 0 Å². The monoisotopic (exact) mass is 533 g/mol. The molecule has 0 radical (unpaired) electrons. The van der Waals surface area contributed by atoms with Crippen molar-refractivity contribution in [3.05, 3.63) is 95.7 Å². The second-order valence-electron chi connectivity index (χ2n) is 8.50. The summed E-state index contributed by atoms with van der Waals surface area (Å²) in [5, 5.41) is 4.58. The lowest BCUT2D eigenvalue weighted by Gasteiger charge is -2.40. The number of alkyl halides is 2. The molecule has 0 aromatic heterocycles. The van der Waals surface area contributed by atoms with Crippen LogP contribution in [0.2, 0.25) is 0 Å². The van der Waals surface area contributed by atoms with E-state index in [9.17, 15) is 25.6 Å². The van der Waals surface area contributed by atoms with E-state index in [2.05, 4.69) is 10.7 Å². The van der Waals surface area contributed by atoms with Gasteiger partial charge in [0.05, 0.1) is 21.2 Å². The van der Waals surface area contributed by atoms with Crippen LogP contribution in [-0.2, 0) is 25.2 Å². The van der Waals surface area contributed by atoms with Crippen molar-refractivity contribution in [1.82, 2.24) is 5.43 Å². The van der Waals surface area contributed by atoms with Gasteiger partial charge in [-0.1, -0.05) is 24.3 Å². The molecule has 0 unspecified atom stereocenters. The molecular formula is C25H25F2N3O4S2. The average molecular weight is 534 g/mol. The van der Waals surface area contributed by atoms with Crippen molar-refractivity contribution in [3.63, 3.8) is 0 Å². The standard InChI is InChI=1S/C25H25F2N3O4S2/c1-28-19-8-10-20(11-9-19)30-25(16-23(29-30)24(26)27,17-4-12-21(13-5-17)35(2,31)32)18-6-14-22(15-7-18)36(3,33)34/h4-16,24,28-29H,1-3H3. The van der Waals surface area contributed by atoms with Crippen LogP contribution >= 0.6 is 0 Å². The number of halogens is 2. The minimum Gasteiger partial charge on any atom is -0.388 e. The number of anilines is 2. The van der Waals surface area contributed by atoms with Crippen LogP contribution in [0.25, 0.3) is 0 Å². The second kappa shape index (κ2) is 9.21. The quantitative estimate of drug-likeness (QED) is 0.475. The summed E-state index contributed by atoms with van der Waals surface area (Å²) in [6.45, 7) is 0. The van der Waals surface area contributed by atoms with Gasteiger partial charge in [-0.15, -0.1) is 0 Å². The van der Waals surface area contributed by atoms with Crippen molar-refractivity contribution in [2.45, 2.75) is 21.8 Å². The van der Waals surface area contributed by atoms with Gasteiger partial charge in [0.2, 0.25) is 0 Å². The van der Waals surface area contributed by atoms with Crippen molar-refractivity contribution in [3.8, 4) is 0 Å². The molecule has 36 heavy (non-hydrogen) atoms. The molecule has 190 valence electrons. The van der Waals surface area contributed by atoms with E-state index in [1.807, 2.05) is 0 Å². The lowest BCUT2D eigenvalue weighted by atomic mass is 9.82. The maximum atomic E-state index is 14.0. The molecule has 7 nitrogen and oxygen atoms in total. The number of hydrazine groups is 1. The summed E-state index contributed by atoms with van der Waals surface area (Å²) in [5.41, 5.74) is 3.50. The summed E-state index contributed by atoms with van der Waals surface area (Å²) in [4.78, 5) is 0.172. The molecule has 3 aromatic carbocycles. The van der Waals surface area contributed by atoms with Gasteiger partial charge in [0.1, 0.15) is 5.54 Å². The van der Waals surface area contributed by atoms with Gasteiger partial charge >= 0.3 is 0 Å². The van der Waals surface area contributed by atoms with E-state index in [0.29, 0.717) is 16.8 Å². The third-order valence-corrected chi connectivity index (χ3v) is 8.31. The molecule has 4 rings (SSSR count).